The lowest BCUT2D eigenvalue weighted by Crippen LogP contribution is -2.35. The van der Waals surface area contributed by atoms with Crippen LogP contribution in [0.5, 0.6) is 0 Å². The third-order valence-electron chi connectivity index (χ3n) is 2.90. The van der Waals surface area contributed by atoms with E-state index in [-0.39, 0.29) is 30.5 Å². The number of nitrogens with zero attached hydrogens (tertiary/aromatic N) is 2. The van der Waals surface area contributed by atoms with E-state index in [4.69, 9.17) is 5.73 Å². The summed E-state index contributed by atoms with van der Waals surface area (Å²) in [6, 6.07) is 4.02. The number of carbonyl (C=O) groups is 2. The van der Waals surface area contributed by atoms with E-state index >= 15 is 0 Å². The van der Waals surface area contributed by atoms with Gasteiger partial charge in [0.15, 0.2) is 0 Å². The van der Waals surface area contributed by atoms with E-state index in [2.05, 4.69) is 5.32 Å². The van der Waals surface area contributed by atoms with Gasteiger partial charge in [-0.05, 0) is 25.2 Å². The first kappa shape index (κ1) is 16.9. The fraction of sp³-hybridized carbons (Fsp3) is 0.429. The van der Waals surface area contributed by atoms with Crippen LogP contribution < -0.4 is 11.1 Å². The van der Waals surface area contributed by atoms with E-state index in [0.717, 1.165) is 0 Å². The number of likely N-dealkylation sites (N-methyl/N-ethyl adjacent to an activating group) is 2. The molecule has 21 heavy (non-hydrogen) atoms. The Balaban J connectivity index is 2.40. The van der Waals surface area contributed by atoms with E-state index in [1.165, 1.54) is 23.1 Å². The molecule has 0 unspecified atom stereocenters. The van der Waals surface area contributed by atoms with E-state index in [1.807, 2.05) is 0 Å². The van der Waals surface area contributed by atoms with E-state index in [0.29, 0.717) is 12.2 Å². The first-order valence-electron chi connectivity index (χ1n) is 6.53. The lowest BCUT2D eigenvalue weighted by Gasteiger charge is -2.18. The van der Waals surface area contributed by atoms with Crippen molar-refractivity contribution in [2.75, 3.05) is 45.3 Å². The van der Waals surface area contributed by atoms with Gasteiger partial charge in [0.05, 0.1) is 12.2 Å². The summed E-state index contributed by atoms with van der Waals surface area (Å²) in [5.41, 5.74) is 5.86. The topological polar surface area (TPSA) is 78.7 Å². The zero-order chi connectivity index (χ0) is 16.0. The number of benzene rings is 1. The van der Waals surface area contributed by atoms with Gasteiger partial charge in [0.1, 0.15) is 5.82 Å². The van der Waals surface area contributed by atoms with Crippen molar-refractivity contribution < 1.29 is 14.0 Å². The SMILES string of the molecule is CN(CCC(=O)Nc1ccc(F)c(N)c1)CC(=O)N(C)C. The summed E-state index contributed by atoms with van der Waals surface area (Å²) in [6.45, 7) is 0.700. The van der Waals surface area contributed by atoms with E-state index in [9.17, 15) is 14.0 Å². The third-order valence-corrected chi connectivity index (χ3v) is 2.90. The van der Waals surface area contributed by atoms with Gasteiger partial charge in [-0.2, -0.15) is 0 Å². The maximum Gasteiger partial charge on any atom is 0.236 e. The maximum absolute atomic E-state index is 13.0. The van der Waals surface area contributed by atoms with Crippen LogP contribution in [0, 0.1) is 5.82 Å². The second-order valence-corrected chi connectivity index (χ2v) is 5.06. The van der Waals surface area contributed by atoms with Gasteiger partial charge in [-0.25, -0.2) is 4.39 Å². The average Bonchev–Trinajstić information content (AvgIpc) is 2.40. The molecule has 0 radical (unpaired) electrons. The molecule has 1 aromatic carbocycles. The molecule has 3 N–H and O–H groups in total. The Morgan fingerprint density at radius 2 is 1.95 bits per heavy atom. The van der Waals surface area contributed by atoms with Crippen molar-refractivity contribution in [3.05, 3.63) is 24.0 Å². The summed E-state index contributed by atoms with van der Waals surface area (Å²) in [4.78, 5) is 26.5. The highest BCUT2D eigenvalue weighted by Crippen LogP contribution is 2.16. The molecule has 0 atom stereocenters. The molecule has 1 rings (SSSR count). The van der Waals surface area contributed by atoms with Gasteiger partial charge < -0.3 is 16.0 Å². The van der Waals surface area contributed by atoms with Crippen LogP contribution in [0.3, 0.4) is 0 Å². The fourth-order valence-electron chi connectivity index (χ4n) is 1.59. The number of amides is 2. The van der Waals surface area contributed by atoms with Crippen LogP contribution >= 0.6 is 0 Å². The zero-order valence-corrected chi connectivity index (χ0v) is 12.5. The Morgan fingerprint density at radius 3 is 2.52 bits per heavy atom. The average molecular weight is 296 g/mol. The lowest BCUT2D eigenvalue weighted by molar-refractivity contribution is -0.130. The number of nitrogens with two attached hydrogens (primary N) is 1. The number of nitrogen functional groups attached to an aromatic ring is 1. The number of anilines is 2. The molecule has 0 bridgehead atoms. The van der Waals surface area contributed by atoms with Crippen LogP contribution in [0.1, 0.15) is 6.42 Å². The predicted octanol–water partition coefficient (Wildman–Crippen LogP) is 0.756. The number of halogens is 1. The van der Waals surface area contributed by atoms with Crippen molar-refractivity contribution in [2.45, 2.75) is 6.42 Å². The predicted molar refractivity (Wildman–Crippen MR) is 80.3 cm³/mol. The number of hydrogen-bond acceptors (Lipinski definition) is 4. The zero-order valence-electron chi connectivity index (χ0n) is 12.5. The molecule has 1 aromatic rings. The van der Waals surface area contributed by atoms with Crippen LogP contribution in [0.4, 0.5) is 15.8 Å². The molecule has 0 fully saturated rings. The molecule has 0 saturated heterocycles. The van der Waals surface area contributed by atoms with Gasteiger partial charge in [0.25, 0.3) is 0 Å². The molecule has 0 aliphatic heterocycles. The fourth-order valence-corrected chi connectivity index (χ4v) is 1.59. The Morgan fingerprint density at radius 1 is 1.29 bits per heavy atom. The highest BCUT2D eigenvalue weighted by atomic mass is 19.1. The molecule has 0 aliphatic rings. The van der Waals surface area contributed by atoms with Crippen LogP contribution in [-0.4, -0.2) is 55.8 Å². The second-order valence-electron chi connectivity index (χ2n) is 5.06. The molecule has 0 aliphatic carbocycles. The summed E-state index contributed by atoms with van der Waals surface area (Å²) in [5, 5.41) is 2.63. The molecule has 7 heteroatoms. The van der Waals surface area contributed by atoms with Crippen molar-refractivity contribution in [1.82, 2.24) is 9.80 Å². The van der Waals surface area contributed by atoms with Gasteiger partial charge in [0.2, 0.25) is 11.8 Å². The highest BCUT2D eigenvalue weighted by Gasteiger charge is 2.10. The molecule has 0 spiro atoms. The number of nitrogens with one attached hydrogen (secondary N) is 1. The molecular weight excluding hydrogens is 275 g/mol. The summed E-state index contributed by atoms with van der Waals surface area (Å²) < 4.78 is 13.0. The minimum atomic E-state index is -0.519. The lowest BCUT2D eigenvalue weighted by atomic mass is 10.2. The Hall–Kier alpha value is -2.15. The molecule has 116 valence electrons. The minimum absolute atomic E-state index is 0.0125. The Bertz CT molecular complexity index is 520. The van der Waals surface area contributed by atoms with Gasteiger partial charge in [-0.15, -0.1) is 0 Å². The molecule has 6 nitrogen and oxygen atoms in total. The second kappa shape index (κ2) is 7.58. The van der Waals surface area contributed by atoms with E-state index < -0.39 is 5.82 Å². The molecular formula is C14H21FN4O2. The number of rotatable bonds is 6. The summed E-state index contributed by atoms with van der Waals surface area (Å²) in [5.74, 6) is -0.760. The van der Waals surface area contributed by atoms with Gasteiger partial charge in [-0.1, -0.05) is 0 Å². The van der Waals surface area contributed by atoms with Gasteiger partial charge >= 0.3 is 0 Å². The molecule has 2 amide bonds. The molecule has 0 heterocycles. The van der Waals surface area contributed by atoms with Crippen molar-refractivity contribution in [3.63, 3.8) is 0 Å². The van der Waals surface area contributed by atoms with Crippen molar-refractivity contribution in [3.8, 4) is 0 Å². The standard InChI is InChI=1S/C14H21FN4O2/c1-18(2)14(21)9-19(3)7-6-13(20)17-10-4-5-11(15)12(16)8-10/h4-5,8H,6-7,9,16H2,1-3H3,(H,17,20). The maximum atomic E-state index is 13.0. The molecule has 0 aromatic heterocycles. The Labute approximate surface area is 123 Å². The summed E-state index contributed by atoms with van der Waals surface area (Å²) >= 11 is 0. The summed E-state index contributed by atoms with van der Waals surface area (Å²) in [7, 11) is 5.13. The quantitative estimate of drug-likeness (QED) is 0.760. The number of carbonyl (C=O) groups excluding carboxylic acids is 2. The van der Waals surface area contributed by atoms with Crippen molar-refractivity contribution >= 4 is 23.2 Å². The van der Waals surface area contributed by atoms with Crippen LogP contribution in [0.25, 0.3) is 0 Å². The van der Waals surface area contributed by atoms with Crippen molar-refractivity contribution in [2.24, 2.45) is 0 Å². The normalized spacial score (nSPS) is 10.5. The monoisotopic (exact) mass is 296 g/mol. The van der Waals surface area contributed by atoms with Crippen LogP contribution in [-0.2, 0) is 9.59 Å². The first-order valence-corrected chi connectivity index (χ1v) is 6.53. The van der Waals surface area contributed by atoms with Crippen molar-refractivity contribution in [1.29, 1.82) is 0 Å². The smallest absolute Gasteiger partial charge is 0.236 e. The molecule has 0 saturated carbocycles. The largest absolute Gasteiger partial charge is 0.396 e. The van der Waals surface area contributed by atoms with Gasteiger partial charge in [-0.3, -0.25) is 14.5 Å². The third kappa shape index (κ3) is 5.78. The first-order chi connectivity index (χ1) is 9.79. The van der Waals surface area contributed by atoms with Crippen LogP contribution in [0.15, 0.2) is 18.2 Å². The van der Waals surface area contributed by atoms with E-state index in [1.54, 1.807) is 26.0 Å². The Kier molecular flexibility index (Phi) is 6.10. The number of hydrogen-bond donors (Lipinski definition) is 2. The highest BCUT2D eigenvalue weighted by molar-refractivity contribution is 5.91. The summed E-state index contributed by atoms with van der Waals surface area (Å²) in [6.07, 6.45) is 0.231. The minimum Gasteiger partial charge on any atom is -0.396 e. The van der Waals surface area contributed by atoms with Gasteiger partial charge in [0, 0.05) is 32.7 Å². The van der Waals surface area contributed by atoms with Crippen LogP contribution in [0.2, 0.25) is 0 Å².